The Morgan fingerprint density at radius 2 is 1.71 bits per heavy atom. The summed E-state index contributed by atoms with van der Waals surface area (Å²) in [5.74, 6) is -1.35. The van der Waals surface area contributed by atoms with Crippen LogP contribution < -0.4 is 0 Å². The monoisotopic (exact) mass is 446 g/mol. The van der Waals surface area contributed by atoms with Crippen molar-refractivity contribution in [3.8, 4) is 0 Å². The fourth-order valence-electron chi connectivity index (χ4n) is 2.77. The first-order valence-corrected chi connectivity index (χ1v) is 11.2. The van der Waals surface area contributed by atoms with E-state index in [9.17, 15) is 22.0 Å². The molecule has 1 aliphatic rings. The molecule has 1 aliphatic heterocycles. The number of piperazine rings is 1. The Bertz CT molecular complexity index is 981. The molecule has 1 amide bonds. The maximum absolute atomic E-state index is 13.9. The van der Waals surface area contributed by atoms with Gasteiger partial charge in [-0.2, -0.15) is 4.31 Å². The van der Waals surface area contributed by atoms with Crippen LogP contribution in [0.1, 0.15) is 0 Å². The summed E-state index contributed by atoms with van der Waals surface area (Å²) in [6.07, 6.45) is 0. The molecule has 0 atom stereocenters. The molecule has 10 heteroatoms. The second-order valence-electron chi connectivity index (χ2n) is 6.08. The number of hydrogen-bond donors (Lipinski definition) is 0. The zero-order valence-corrected chi connectivity index (χ0v) is 17.0. The fraction of sp³-hybridized carbons (Fsp3) is 0.278. The first-order chi connectivity index (χ1) is 13.3. The highest BCUT2D eigenvalue weighted by atomic mass is 35.5. The van der Waals surface area contributed by atoms with Crippen LogP contribution in [0.25, 0.3) is 0 Å². The van der Waals surface area contributed by atoms with E-state index in [1.54, 1.807) is 4.90 Å². The van der Waals surface area contributed by atoms with Crippen LogP contribution in [0, 0.1) is 11.6 Å². The van der Waals surface area contributed by atoms with Gasteiger partial charge in [0.2, 0.25) is 15.9 Å². The molecule has 0 N–H and O–H groups in total. The van der Waals surface area contributed by atoms with Crippen LogP contribution in [0.5, 0.6) is 0 Å². The lowest BCUT2D eigenvalue weighted by Crippen LogP contribution is -2.51. The predicted octanol–water partition coefficient (Wildman–Crippen LogP) is 3.24. The minimum absolute atomic E-state index is 0.00980. The van der Waals surface area contributed by atoms with E-state index in [1.165, 1.54) is 52.5 Å². The molecule has 2 aromatic rings. The highest BCUT2D eigenvalue weighted by Gasteiger charge is 2.31. The molecule has 150 valence electrons. The summed E-state index contributed by atoms with van der Waals surface area (Å²) in [5.41, 5.74) is 0. The van der Waals surface area contributed by atoms with Crippen LogP contribution >= 0.6 is 23.4 Å². The summed E-state index contributed by atoms with van der Waals surface area (Å²) in [7, 11) is -3.94. The average molecular weight is 447 g/mol. The lowest BCUT2D eigenvalue weighted by Gasteiger charge is -2.34. The van der Waals surface area contributed by atoms with Crippen molar-refractivity contribution < 1.29 is 22.0 Å². The van der Waals surface area contributed by atoms with Gasteiger partial charge in [-0.25, -0.2) is 17.2 Å². The lowest BCUT2D eigenvalue weighted by molar-refractivity contribution is -0.129. The number of rotatable bonds is 5. The molecule has 0 unspecified atom stereocenters. The zero-order chi connectivity index (χ0) is 20.3. The van der Waals surface area contributed by atoms with E-state index < -0.39 is 21.7 Å². The second kappa shape index (κ2) is 8.77. The van der Waals surface area contributed by atoms with Gasteiger partial charge in [0.25, 0.3) is 0 Å². The van der Waals surface area contributed by atoms with Crippen LogP contribution in [-0.2, 0) is 14.8 Å². The maximum Gasteiger partial charge on any atom is 0.246 e. The highest BCUT2D eigenvalue weighted by molar-refractivity contribution is 8.00. The summed E-state index contributed by atoms with van der Waals surface area (Å²) in [6, 6.07) is 9.46. The molecular formula is C18H17ClF2N2O3S2. The summed E-state index contributed by atoms with van der Waals surface area (Å²) in [4.78, 5) is 14.2. The quantitative estimate of drug-likeness (QED) is 0.661. The molecule has 2 aromatic carbocycles. The number of thioether (sulfide) groups is 1. The number of hydrogen-bond acceptors (Lipinski definition) is 4. The van der Waals surface area contributed by atoms with Crippen molar-refractivity contribution in [1.82, 2.24) is 9.21 Å². The van der Waals surface area contributed by atoms with E-state index >= 15 is 0 Å². The molecule has 0 saturated carbocycles. The predicted molar refractivity (Wildman–Crippen MR) is 104 cm³/mol. The van der Waals surface area contributed by atoms with E-state index in [4.69, 9.17) is 11.6 Å². The molecule has 0 aliphatic carbocycles. The first-order valence-electron chi connectivity index (χ1n) is 8.39. The van der Waals surface area contributed by atoms with E-state index in [0.717, 1.165) is 6.07 Å². The van der Waals surface area contributed by atoms with Crippen molar-refractivity contribution >= 4 is 39.3 Å². The standard InChI is InChI=1S/C18H17ClF2N2O3S2/c19-14-11-13(5-6-15(14)20)27-12-18(24)22-7-9-23(10-8-22)28(25,26)17-4-2-1-3-16(17)21/h1-6,11H,7-10,12H2. The van der Waals surface area contributed by atoms with Gasteiger partial charge in [-0.1, -0.05) is 23.7 Å². The van der Waals surface area contributed by atoms with Gasteiger partial charge in [-0.05, 0) is 30.3 Å². The average Bonchev–Trinajstić information content (AvgIpc) is 2.69. The minimum atomic E-state index is -3.94. The minimum Gasteiger partial charge on any atom is -0.339 e. The molecular weight excluding hydrogens is 430 g/mol. The number of benzene rings is 2. The number of sulfonamides is 1. The summed E-state index contributed by atoms with van der Waals surface area (Å²) in [6.45, 7) is 0.624. The second-order valence-corrected chi connectivity index (χ2v) is 9.44. The van der Waals surface area contributed by atoms with Crippen molar-refractivity contribution in [2.45, 2.75) is 9.79 Å². The van der Waals surface area contributed by atoms with E-state index in [-0.39, 0.29) is 47.8 Å². The SMILES string of the molecule is O=C(CSc1ccc(F)c(Cl)c1)N1CCN(S(=O)(=O)c2ccccc2F)CC1. The Hall–Kier alpha value is -1.68. The number of carbonyl (C=O) groups is 1. The third kappa shape index (κ3) is 4.65. The van der Waals surface area contributed by atoms with E-state index in [0.29, 0.717) is 4.90 Å². The van der Waals surface area contributed by atoms with Crippen molar-refractivity contribution in [1.29, 1.82) is 0 Å². The Morgan fingerprint density at radius 3 is 2.36 bits per heavy atom. The van der Waals surface area contributed by atoms with Gasteiger partial charge in [-0.3, -0.25) is 4.79 Å². The van der Waals surface area contributed by atoms with Crippen molar-refractivity contribution in [3.05, 3.63) is 59.1 Å². The van der Waals surface area contributed by atoms with Crippen molar-refractivity contribution in [2.24, 2.45) is 0 Å². The molecule has 1 heterocycles. The van der Waals surface area contributed by atoms with Gasteiger partial charge in [0.05, 0.1) is 10.8 Å². The smallest absolute Gasteiger partial charge is 0.246 e. The number of halogens is 3. The Balaban J connectivity index is 1.56. The molecule has 1 saturated heterocycles. The lowest BCUT2D eigenvalue weighted by atomic mass is 10.3. The Labute approximate surface area is 171 Å². The number of carbonyl (C=O) groups excluding carboxylic acids is 1. The highest BCUT2D eigenvalue weighted by Crippen LogP contribution is 2.25. The topological polar surface area (TPSA) is 57.7 Å². The van der Waals surface area contributed by atoms with Crippen LogP contribution in [0.15, 0.2) is 52.3 Å². The normalized spacial score (nSPS) is 15.6. The first kappa shape index (κ1) is 21.0. The molecule has 0 aromatic heterocycles. The van der Waals surface area contributed by atoms with Gasteiger partial charge >= 0.3 is 0 Å². The Morgan fingerprint density at radius 1 is 1.04 bits per heavy atom. The van der Waals surface area contributed by atoms with Crippen molar-refractivity contribution in [3.63, 3.8) is 0 Å². The van der Waals surface area contributed by atoms with Crippen LogP contribution in [0.4, 0.5) is 8.78 Å². The van der Waals surface area contributed by atoms with Crippen molar-refractivity contribution in [2.75, 3.05) is 31.9 Å². The summed E-state index contributed by atoms with van der Waals surface area (Å²) >= 11 is 6.95. The van der Waals surface area contributed by atoms with Gasteiger partial charge in [0.15, 0.2) is 0 Å². The summed E-state index contributed by atoms with van der Waals surface area (Å²) < 4.78 is 53.4. The summed E-state index contributed by atoms with van der Waals surface area (Å²) in [5, 5.41) is -0.00980. The molecule has 0 bridgehead atoms. The fourth-order valence-corrected chi connectivity index (χ4v) is 5.34. The molecule has 28 heavy (non-hydrogen) atoms. The van der Waals surface area contributed by atoms with Gasteiger partial charge < -0.3 is 4.90 Å². The zero-order valence-electron chi connectivity index (χ0n) is 14.6. The molecule has 0 spiro atoms. The number of amides is 1. The van der Waals surface area contributed by atoms with Crippen LogP contribution in [0.3, 0.4) is 0 Å². The van der Waals surface area contributed by atoms with Crippen LogP contribution in [0.2, 0.25) is 5.02 Å². The molecule has 0 radical (unpaired) electrons. The van der Waals surface area contributed by atoms with Crippen LogP contribution in [-0.4, -0.2) is 55.5 Å². The molecule has 3 rings (SSSR count). The molecule has 5 nitrogen and oxygen atoms in total. The van der Waals surface area contributed by atoms with Gasteiger partial charge in [0, 0.05) is 31.1 Å². The van der Waals surface area contributed by atoms with E-state index in [1.807, 2.05) is 0 Å². The third-order valence-corrected chi connectivity index (χ3v) is 7.50. The Kier molecular flexibility index (Phi) is 6.59. The maximum atomic E-state index is 13.9. The number of nitrogens with zero attached hydrogens (tertiary/aromatic N) is 2. The molecule has 1 fully saturated rings. The van der Waals surface area contributed by atoms with Gasteiger partial charge in [0.1, 0.15) is 16.5 Å². The largest absolute Gasteiger partial charge is 0.339 e. The van der Waals surface area contributed by atoms with Gasteiger partial charge in [-0.15, -0.1) is 11.8 Å². The van der Waals surface area contributed by atoms with E-state index in [2.05, 4.69) is 0 Å². The third-order valence-electron chi connectivity index (χ3n) is 4.30.